The first kappa shape index (κ1) is 22.2. The number of nitrogens with zero attached hydrogens (tertiary/aromatic N) is 1. The molecule has 9 heteroatoms. The maximum Gasteiger partial charge on any atom is 0.247 e. The number of nitrogens with one attached hydrogen (secondary N) is 1. The average Bonchev–Trinajstić information content (AvgIpc) is 3.30. The van der Waals surface area contributed by atoms with Crippen LogP contribution in [0.25, 0.3) is 16.5 Å². The predicted molar refractivity (Wildman–Crippen MR) is 116 cm³/mol. The molecule has 2 amide bonds. The zero-order valence-electron chi connectivity index (χ0n) is 16.5. The van der Waals surface area contributed by atoms with Gasteiger partial charge in [-0.25, -0.2) is 12.8 Å². The summed E-state index contributed by atoms with van der Waals surface area (Å²) in [6.45, 7) is 1.96. The number of rotatable bonds is 7. The van der Waals surface area contributed by atoms with Gasteiger partial charge in [0.05, 0.1) is 18.1 Å². The maximum absolute atomic E-state index is 13.9. The van der Waals surface area contributed by atoms with Crippen molar-refractivity contribution in [1.29, 1.82) is 0 Å². The van der Waals surface area contributed by atoms with Crippen molar-refractivity contribution < 1.29 is 22.4 Å². The van der Waals surface area contributed by atoms with Gasteiger partial charge in [0, 0.05) is 34.0 Å². The van der Waals surface area contributed by atoms with Crippen molar-refractivity contribution in [3.63, 3.8) is 0 Å². The smallest absolute Gasteiger partial charge is 0.247 e. The maximum atomic E-state index is 13.9. The summed E-state index contributed by atoms with van der Waals surface area (Å²) in [4.78, 5) is 27.6. The number of carbonyl (C=O) groups is 2. The van der Waals surface area contributed by atoms with E-state index in [0.717, 1.165) is 9.75 Å². The highest BCUT2D eigenvalue weighted by atomic mass is 32.2. The van der Waals surface area contributed by atoms with Crippen LogP contribution in [0.2, 0.25) is 0 Å². The van der Waals surface area contributed by atoms with Gasteiger partial charge in [-0.2, -0.15) is 0 Å². The van der Waals surface area contributed by atoms with Crippen molar-refractivity contribution in [2.24, 2.45) is 0 Å². The first-order chi connectivity index (χ1) is 14.3. The molecule has 0 radical (unpaired) electrons. The second kappa shape index (κ2) is 9.53. The molecule has 3 rings (SSSR count). The number of hydrogen-bond donors (Lipinski definition) is 1. The molecule has 0 spiro atoms. The summed E-state index contributed by atoms with van der Waals surface area (Å²) in [6.07, 6.45) is 3.42. The van der Waals surface area contributed by atoms with Crippen molar-refractivity contribution in [3.8, 4) is 10.4 Å². The number of carbonyl (C=O) groups excluding carboxylic acids is 2. The first-order valence-corrected chi connectivity index (χ1v) is 12.2. The fourth-order valence-electron chi connectivity index (χ4n) is 3.21. The number of hydrogen-bond acceptors (Lipinski definition) is 5. The minimum absolute atomic E-state index is 0.0541. The van der Waals surface area contributed by atoms with E-state index in [0.29, 0.717) is 18.5 Å². The molecule has 6 nitrogen and oxygen atoms in total. The Morgan fingerprint density at radius 2 is 2.03 bits per heavy atom. The molecule has 2 heterocycles. The third-order valence-electron chi connectivity index (χ3n) is 4.78. The number of sulfone groups is 1. The first-order valence-electron chi connectivity index (χ1n) is 9.59. The molecule has 1 aliphatic heterocycles. The second-order valence-corrected chi connectivity index (χ2v) is 10.4. The summed E-state index contributed by atoms with van der Waals surface area (Å²) in [5.74, 6) is -0.982. The van der Waals surface area contributed by atoms with Gasteiger partial charge in [-0.1, -0.05) is 18.2 Å². The number of likely N-dealkylation sites (N-methyl/N-ethyl adjacent to an activating group) is 1. The third kappa shape index (κ3) is 5.76. The summed E-state index contributed by atoms with van der Waals surface area (Å²) in [6, 6.07) is 9.71. The summed E-state index contributed by atoms with van der Waals surface area (Å²) >= 11 is 1.36. The lowest BCUT2D eigenvalue weighted by molar-refractivity contribution is -0.132. The Kier molecular flexibility index (Phi) is 7.04. The van der Waals surface area contributed by atoms with Crippen LogP contribution >= 0.6 is 11.3 Å². The molecule has 1 aromatic carbocycles. The Balaban J connectivity index is 1.58. The van der Waals surface area contributed by atoms with E-state index in [1.807, 2.05) is 0 Å². The van der Waals surface area contributed by atoms with Crippen molar-refractivity contribution >= 4 is 39.1 Å². The quantitative estimate of drug-likeness (QED) is 0.658. The fraction of sp³-hybridized carbons (Fsp3) is 0.333. The summed E-state index contributed by atoms with van der Waals surface area (Å²) in [5, 5.41) is 2.69. The largest absolute Gasteiger partial charge is 0.351 e. The molecule has 1 saturated heterocycles. The standard InChI is InChI=1S/C21H23FN2O4S2/c1-2-24(13-20(25)23-15-11-12-30(27,28)14-15)21(26)10-8-16-7-9-19(29-16)17-5-3-4-6-18(17)22/h3-10,15H,2,11-14H2,1H3,(H,23,25)/b10-8+. The Morgan fingerprint density at radius 1 is 1.27 bits per heavy atom. The Labute approximate surface area is 179 Å². The van der Waals surface area contributed by atoms with Crippen LogP contribution in [0.4, 0.5) is 4.39 Å². The Hall–Kier alpha value is -2.52. The van der Waals surface area contributed by atoms with Gasteiger partial charge < -0.3 is 10.2 Å². The Morgan fingerprint density at radius 3 is 2.70 bits per heavy atom. The van der Waals surface area contributed by atoms with Gasteiger partial charge in [-0.3, -0.25) is 9.59 Å². The van der Waals surface area contributed by atoms with Crippen molar-refractivity contribution in [2.75, 3.05) is 24.6 Å². The molecule has 0 saturated carbocycles. The highest BCUT2D eigenvalue weighted by molar-refractivity contribution is 7.91. The van der Waals surface area contributed by atoms with E-state index in [1.165, 1.54) is 28.4 Å². The SMILES string of the molecule is CCN(CC(=O)NC1CCS(=O)(=O)C1)C(=O)/C=C/c1ccc(-c2ccccc2F)s1. The molecule has 1 fully saturated rings. The zero-order valence-corrected chi connectivity index (χ0v) is 18.1. The van der Waals surface area contributed by atoms with Crippen LogP contribution in [0.3, 0.4) is 0 Å². The van der Waals surface area contributed by atoms with E-state index >= 15 is 0 Å². The normalized spacial score (nSPS) is 17.9. The van der Waals surface area contributed by atoms with E-state index in [9.17, 15) is 22.4 Å². The molecule has 30 heavy (non-hydrogen) atoms. The van der Waals surface area contributed by atoms with Gasteiger partial charge in [-0.15, -0.1) is 11.3 Å². The van der Waals surface area contributed by atoms with Gasteiger partial charge in [0.2, 0.25) is 11.8 Å². The van der Waals surface area contributed by atoms with E-state index in [1.54, 1.807) is 43.3 Å². The van der Waals surface area contributed by atoms with Crippen molar-refractivity contribution in [2.45, 2.75) is 19.4 Å². The number of halogens is 1. The van der Waals surface area contributed by atoms with Crippen LogP contribution in [0.5, 0.6) is 0 Å². The van der Waals surface area contributed by atoms with E-state index < -0.39 is 15.9 Å². The van der Waals surface area contributed by atoms with Gasteiger partial charge in [0.1, 0.15) is 5.82 Å². The molecule has 1 aromatic heterocycles. The lowest BCUT2D eigenvalue weighted by atomic mass is 10.2. The molecule has 160 valence electrons. The fourth-order valence-corrected chi connectivity index (χ4v) is 5.82. The number of thiophene rings is 1. The second-order valence-electron chi connectivity index (χ2n) is 7.04. The topological polar surface area (TPSA) is 83.6 Å². The van der Waals surface area contributed by atoms with Crippen LogP contribution < -0.4 is 5.32 Å². The number of benzene rings is 1. The molecule has 2 aromatic rings. The Bertz CT molecular complexity index is 1060. The lowest BCUT2D eigenvalue weighted by Crippen LogP contribution is -2.44. The highest BCUT2D eigenvalue weighted by Crippen LogP contribution is 2.30. The van der Waals surface area contributed by atoms with Crippen LogP contribution in [-0.4, -0.2) is 55.8 Å². The number of amides is 2. The van der Waals surface area contributed by atoms with E-state index in [2.05, 4.69) is 5.32 Å². The molecule has 1 unspecified atom stereocenters. The predicted octanol–water partition coefficient (Wildman–Crippen LogP) is 2.72. The summed E-state index contributed by atoms with van der Waals surface area (Å²) in [7, 11) is -3.08. The van der Waals surface area contributed by atoms with Crippen LogP contribution in [-0.2, 0) is 19.4 Å². The molecule has 0 aliphatic carbocycles. The van der Waals surface area contributed by atoms with E-state index in [4.69, 9.17) is 0 Å². The van der Waals surface area contributed by atoms with Gasteiger partial charge >= 0.3 is 0 Å². The van der Waals surface area contributed by atoms with Crippen LogP contribution in [0, 0.1) is 5.82 Å². The molecule has 1 atom stereocenters. The molecule has 0 bridgehead atoms. The van der Waals surface area contributed by atoms with Gasteiger partial charge in [-0.05, 0) is 37.6 Å². The summed E-state index contributed by atoms with van der Waals surface area (Å²) < 4.78 is 36.9. The highest BCUT2D eigenvalue weighted by Gasteiger charge is 2.29. The molecular weight excluding hydrogens is 427 g/mol. The monoisotopic (exact) mass is 450 g/mol. The molecular formula is C21H23FN2O4S2. The van der Waals surface area contributed by atoms with Crippen LogP contribution in [0.15, 0.2) is 42.5 Å². The molecule has 1 aliphatic rings. The third-order valence-corrected chi connectivity index (χ3v) is 7.63. The van der Waals surface area contributed by atoms with Crippen LogP contribution in [0.1, 0.15) is 18.2 Å². The van der Waals surface area contributed by atoms with Crippen molar-refractivity contribution in [1.82, 2.24) is 10.2 Å². The lowest BCUT2D eigenvalue weighted by Gasteiger charge is -2.20. The average molecular weight is 451 g/mol. The van der Waals surface area contributed by atoms with Gasteiger partial charge in [0.25, 0.3) is 0 Å². The van der Waals surface area contributed by atoms with Gasteiger partial charge in [0.15, 0.2) is 9.84 Å². The van der Waals surface area contributed by atoms with Crippen molar-refractivity contribution in [3.05, 3.63) is 53.2 Å². The minimum Gasteiger partial charge on any atom is -0.351 e. The summed E-state index contributed by atoms with van der Waals surface area (Å²) in [5.41, 5.74) is 0.509. The minimum atomic E-state index is -3.08. The zero-order chi connectivity index (χ0) is 21.7. The van der Waals surface area contributed by atoms with E-state index in [-0.39, 0.29) is 35.7 Å². The molecule has 1 N–H and O–H groups in total.